The third-order valence-electron chi connectivity index (χ3n) is 3.31. The number of amides is 1. The Bertz CT molecular complexity index is 652. The van der Waals surface area contributed by atoms with Crippen LogP contribution in [0.5, 0.6) is 0 Å². The normalized spacial score (nSPS) is 19.3. The number of aromatic nitrogens is 4. The Hall–Kier alpha value is -2.26. The van der Waals surface area contributed by atoms with Crippen LogP contribution in [-0.4, -0.2) is 57.4 Å². The van der Waals surface area contributed by atoms with Gasteiger partial charge >= 0.3 is 0 Å². The zero-order valence-corrected chi connectivity index (χ0v) is 12.5. The van der Waals surface area contributed by atoms with Gasteiger partial charge in [0.15, 0.2) is 5.82 Å². The number of anilines is 1. The van der Waals surface area contributed by atoms with E-state index in [1.165, 1.54) is 0 Å². The molecular formula is C13H18N6O3. The molecule has 2 aromatic heterocycles. The van der Waals surface area contributed by atoms with Gasteiger partial charge in [0.2, 0.25) is 11.8 Å². The summed E-state index contributed by atoms with van der Waals surface area (Å²) in [7, 11) is 0. The van der Waals surface area contributed by atoms with E-state index in [0.29, 0.717) is 31.4 Å². The third-order valence-corrected chi connectivity index (χ3v) is 3.31. The van der Waals surface area contributed by atoms with Gasteiger partial charge in [-0.1, -0.05) is 5.16 Å². The summed E-state index contributed by atoms with van der Waals surface area (Å²) in [5.74, 6) is 1.57. The van der Waals surface area contributed by atoms with Gasteiger partial charge in [0, 0.05) is 19.2 Å². The topological polar surface area (TPSA) is 109 Å². The highest BCUT2D eigenvalue weighted by molar-refractivity contribution is 5.90. The Morgan fingerprint density at radius 3 is 3.09 bits per heavy atom. The van der Waals surface area contributed by atoms with Crippen molar-refractivity contribution in [3.63, 3.8) is 0 Å². The molecule has 1 amide bonds. The highest BCUT2D eigenvalue weighted by Gasteiger charge is 2.26. The fourth-order valence-electron chi connectivity index (χ4n) is 2.31. The summed E-state index contributed by atoms with van der Waals surface area (Å²) in [6, 6.07) is 1.68. The maximum atomic E-state index is 12.0. The molecule has 118 valence electrons. The molecule has 22 heavy (non-hydrogen) atoms. The van der Waals surface area contributed by atoms with Gasteiger partial charge in [-0.15, -0.1) is 0 Å². The minimum atomic E-state index is -0.223. The Balaban J connectivity index is 1.54. The number of morpholine rings is 1. The third kappa shape index (κ3) is 3.49. The molecule has 3 rings (SSSR count). The molecule has 0 unspecified atom stereocenters. The second kappa shape index (κ2) is 6.24. The molecule has 1 aliphatic rings. The molecule has 0 spiro atoms. The zero-order valence-electron chi connectivity index (χ0n) is 12.5. The summed E-state index contributed by atoms with van der Waals surface area (Å²) >= 11 is 0. The summed E-state index contributed by atoms with van der Waals surface area (Å²) in [6.07, 6.45) is -0.223. The van der Waals surface area contributed by atoms with E-state index in [1.54, 1.807) is 13.0 Å². The Labute approximate surface area is 127 Å². The van der Waals surface area contributed by atoms with Crippen LogP contribution >= 0.6 is 0 Å². The smallest absolute Gasteiger partial charge is 0.240 e. The lowest BCUT2D eigenvalue weighted by molar-refractivity contribution is -0.119. The highest BCUT2D eigenvalue weighted by atomic mass is 16.5. The van der Waals surface area contributed by atoms with Crippen molar-refractivity contribution in [1.29, 1.82) is 0 Å². The minimum absolute atomic E-state index is 0.150. The van der Waals surface area contributed by atoms with E-state index in [0.717, 1.165) is 11.5 Å². The van der Waals surface area contributed by atoms with E-state index in [9.17, 15) is 4.79 Å². The second-order valence-electron chi connectivity index (χ2n) is 5.25. The number of H-pyrrole nitrogens is 1. The molecular weight excluding hydrogens is 288 g/mol. The van der Waals surface area contributed by atoms with E-state index in [2.05, 4.69) is 25.7 Å². The van der Waals surface area contributed by atoms with Crippen molar-refractivity contribution in [2.24, 2.45) is 0 Å². The van der Waals surface area contributed by atoms with Crippen molar-refractivity contribution in [1.82, 2.24) is 25.2 Å². The molecule has 0 bridgehead atoms. The molecule has 9 heteroatoms. The molecule has 1 atom stereocenters. The number of aromatic amines is 1. The number of nitrogens with zero attached hydrogens (tertiary/aromatic N) is 4. The summed E-state index contributed by atoms with van der Waals surface area (Å²) in [5.41, 5.74) is 0.724. The SMILES string of the molecule is Cc1cc(NC(=O)CN2CCO[C@H](c3n[nH]c(C)n3)C2)on1. The number of carbonyl (C=O) groups is 1. The molecule has 0 saturated carbocycles. The first-order valence-corrected chi connectivity index (χ1v) is 7.06. The van der Waals surface area contributed by atoms with E-state index < -0.39 is 0 Å². The summed E-state index contributed by atoms with van der Waals surface area (Å²) in [4.78, 5) is 18.3. The second-order valence-corrected chi connectivity index (χ2v) is 5.25. The van der Waals surface area contributed by atoms with Gasteiger partial charge in [0.1, 0.15) is 11.9 Å². The molecule has 0 radical (unpaired) electrons. The van der Waals surface area contributed by atoms with Gasteiger partial charge in [0.05, 0.1) is 18.8 Å². The molecule has 2 aromatic rings. The largest absolute Gasteiger partial charge is 0.367 e. The molecule has 1 aliphatic heterocycles. The lowest BCUT2D eigenvalue weighted by Gasteiger charge is -2.30. The number of aryl methyl sites for hydroxylation is 2. The molecule has 1 fully saturated rings. The van der Waals surface area contributed by atoms with Gasteiger partial charge in [-0.05, 0) is 13.8 Å². The van der Waals surface area contributed by atoms with Crippen LogP contribution in [0.25, 0.3) is 0 Å². The first kappa shape index (κ1) is 14.7. The van der Waals surface area contributed by atoms with Crippen LogP contribution in [-0.2, 0) is 9.53 Å². The van der Waals surface area contributed by atoms with Gasteiger partial charge in [-0.2, -0.15) is 5.10 Å². The van der Waals surface area contributed by atoms with Crippen molar-refractivity contribution in [3.8, 4) is 0 Å². The van der Waals surface area contributed by atoms with E-state index in [1.807, 2.05) is 11.8 Å². The lowest BCUT2D eigenvalue weighted by Crippen LogP contribution is -2.42. The van der Waals surface area contributed by atoms with Gasteiger partial charge < -0.3 is 9.26 Å². The summed E-state index contributed by atoms with van der Waals surface area (Å²) < 4.78 is 10.6. The summed E-state index contributed by atoms with van der Waals surface area (Å²) in [5, 5.41) is 13.3. The van der Waals surface area contributed by atoms with Crippen LogP contribution in [0, 0.1) is 13.8 Å². The minimum Gasteiger partial charge on any atom is -0.367 e. The number of ether oxygens (including phenoxy) is 1. The van der Waals surface area contributed by atoms with Gasteiger partial charge in [0.25, 0.3) is 0 Å². The number of rotatable bonds is 4. The number of hydrogen-bond acceptors (Lipinski definition) is 7. The predicted octanol–water partition coefficient (Wildman–Crippen LogP) is 0.422. The van der Waals surface area contributed by atoms with E-state index in [4.69, 9.17) is 9.26 Å². The zero-order chi connectivity index (χ0) is 15.5. The Kier molecular flexibility index (Phi) is 4.16. The van der Waals surface area contributed by atoms with Crippen LogP contribution < -0.4 is 5.32 Å². The quantitative estimate of drug-likeness (QED) is 0.842. The molecule has 0 aliphatic carbocycles. The van der Waals surface area contributed by atoms with Gasteiger partial charge in [-0.25, -0.2) is 4.98 Å². The molecule has 0 aromatic carbocycles. The van der Waals surface area contributed by atoms with E-state index >= 15 is 0 Å². The van der Waals surface area contributed by atoms with Crippen molar-refractivity contribution in [3.05, 3.63) is 23.4 Å². The number of nitrogens with one attached hydrogen (secondary N) is 2. The first-order valence-electron chi connectivity index (χ1n) is 7.06. The van der Waals surface area contributed by atoms with Crippen molar-refractivity contribution in [2.45, 2.75) is 20.0 Å². The summed E-state index contributed by atoms with van der Waals surface area (Å²) in [6.45, 7) is 5.67. The maximum Gasteiger partial charge on any atom is 0.240 e. The molecule has 3 heterocycles. The first-order chi connectivity index (χ1) is 10.6. The predicted molar refractivity (Wildman–Crippen MR) is 76.1 cm³/mol. The van der Waals surface area contributed by atoms with Crippen molar-refractivity contribution in [2.75, 3.05) is 31.6 Å². The van der Waals surface area contributed by atoms with E-state index in [-0.39, 0.29) is 18.6 Å². The fraction of sp³-hybridized carbons (Fsp3) is 0.538. The molecule has 2 N–H and O–H groups in total. The van der Waals surface area contributed by atoms with Crippen LogP contribution in [0.4, 0.5) is 5.88 Å². The molecule has 9 nitrogen and oxygen atoms in total. The maximum absolute atomic E-state index is 12.0. The number of hydrogen-bond donors (Lipinski definition) is 2. The Morgan fingerprint density at radius 2 is 2.41 bits per heavy atom. The fourth-order valence-corrected chi connectivity index (χ4v) is 2.31. The molecule has 1 saturated heterocycles. The van der Waals surface area contributed by atoms with Crippen LogP contribution in [0.15, 0.2) is 10.6 Å². The van der Waals surface area contributed by atoms with Crippen molar-refractivity contribution >= 4 is 11.8 Å². The average Bonchev–Trinajstić information content (AvgIpc) is 3.08. The Morgan fingerprint density at radius 1 is 1.55 bits per heavy atom. The van der Waals surface area contributed by atoms with Crippen LogP contribution in [0.1, 0.15) is 23.4 Å². The van der Waals surface area contributed by atoms with Gasteiger partial charge in [-0.3, -0.25) is 20.1 Å². The van der Waals surface area contributed by atoms with Crippen LogP contribution in [0.3, 0.4) is 0 Å². The van der Waals surface area contributed by atoms with Crippen LogP contribution in [0.2, 0.25) is 0 Å². The standard InChI is InChI=1S/C13H18N6O3/c1-8-5-12(22-18-8)15-11(20)7-19-3-4-21-10(6-19)13-14-9(2)16-17-13/h5,10H,3-4,6-7H2,1-2H3,(H,15,20)(H,14,16,17)/t10-/m0/s1. The average molecular weight is 306 g/mol. The monoisotopic (exact) mass is 306 g/mol. The highest BCUT2D eigenvalue weighted by Crippen LogP contribution is 2.19. The van der Waals surface area contributed by atoms with Crippen molar-refractivity contribution < 1.29 is 14.1 Å². The lowest BCUT2D eigenvalue weighted by atomic mass is 10.2. The number of carbonyl (C=O) groups excluding carboxylic acids is 1.